The number of hydrogen-bond acceptors (Lipinski definition) is 3. The Balaban J connectivity index is 2.08. The topological polar surface area (TPSA) is 32.3 Å². The Labute approximate surface area is 89.9 Å². The maximum Gasteiger partial charge on any atom is 0.246 e. The van der Waals surface area contributed by atoms with E-state index in [1.165, 1.54) is 11.5 Å². The van der Waals surface area contributed by atoms with E-state index in [0.717, 1.165) is 26.2 Å². The van der Waals surface area contributed by atoms with Crippen molar-refractivity contribution in [2.75, 3.05) is 37.7 Å². The van der Waals surface area contributed by atoms with Gasteiger partial charge in [-0.05, 0) is 6.92 Å². The Morgan fingerprint density at radius 3 is 2.71 bits per heavy atom. The number of carbonyl (C=O) groups excluding carboxylic acids is 1. The van der Waals surface area contributed by atoms with E-state index in [1.54, 1.807) is 6.92 Å². The van der Waals surface area contributed by atoms with Crippen molar-refractivity contribution >= 4 is 17.7 Å². The van der Waals surface area contributed by atoms with Gasteiger partial charge in [0.15, 0.2) is 0 Å². The molecule has 0 unspecified atom stereocenters. The first kappa shape index (κ1) is 11.6. The molecule has 0 aromatic rings. The van der Waals surface area contributed by atoms with E-state index in [2.05, 4.69) is 16.8 Å². The van der Waals surface area contributed by atoms with Crippen LogP contribution in [0.2, 0.25) is 0 Å². The molecule has 0 spiro atoms. The van der Waals surface area contributed by atoms with Gasteiger partial charge in [0.2, 0.25) is 5.91 Å². The van der Waals surface area contributed by atoms with Crippen molar-refractivity contribution in [1.29, 1.82) is 0 Å². The van der Waals surface area contributed by atoms with E-state index in [4.69, 9.17) is 0 Å². The average molecular weight is 214 g/mol. The van der Waals surface area contributed by atoms with Crippen LogP contribution in [-0.2, 0) is 4.79 Å². The first-order chi connectivity index (χ1) is 6.70. The fourth-order valence-corrected chi connectivity index (χ4v) is 2.28. The average Bonchev–Trinajstić information content (AvgIpc) is 2.19. The van der Waals surface area contributed by atoms with Gasteiger partial charge in [-0.25, -0.2) is 0 Å². The summed E-state index contributed by atoms with van der Waals surface area (Å²) in [5.74, 6) is 2.40. The van der Waals surface area contributed by atoms with E-state index >= 15 is 0 Å². The molecule has 1 aliphatic rings. The molecule has 3 nitrogen and oxygen atoms in total. The lowest BCUT2D eigenvalue weighted by Gasteiger charge is -2.25. The van der Waals surface area contributed by atoms with Crippen molar-refractivity contribution < 1.29 is 4.79 Å². The first-order valence-electron chi connectivity index (χ1n) is 4.94. The summed E-state index contributed by atoms with van der Waals surface area (Å²) in [6, 6.07) is 0. The molecule has 1 saturated heterocycles. The van der Waals surface area contributed by atoms with Crippen LogP contribution < -0.4 is 5.32 Å². The van der Waals surface area contributed by atoms with Gasteiger partial charge in [0.05, 0.1) is 0 Å². The van der Waals surface area contributed by atoms with Crippen LogP contribution in [-0.4, -0.2) is 48.5 Å². The molecule has 1 amide bonds. The van der Waals surface area contributed by atoms with Crippen LogP contribution in [0.1, 0.15) is 6.92 Å². The molecule has 0 atom stereocenters. The summed E-state index contributed by atoms with van der Waals surface area (Å²) in [4.78, 5) is 13.5. The van der Waals surface area contributed by atoms with E-state index in [0.29, 0.717) is 5.57 Å². The fraction of sp³-hybridized carbons (Fsp3) is 0.700. The number of nitrogens with one attached hydrogen (secondary N) is 1. The fourth-order valence-electron chi connectivity index (χ4n) is 1.30. The summed E-state index contributed by atoms with van der Waals surface area (Å²) in [5, 5.41) is 2.84. The number of amides is 1. The van der Waals surface area contributed by atoms with Crippen molar-refractivity contribution in [2.24, 2.45) is 0 Å². The Hall–Kier alpha value is -0.480. The SMILES string of the molecule is C=C(C)C(=O)NCCN1CCSCC1. The molecule has 1 aliphatic heterocycles. The summed E-state index contributed by atoms with van der Waals surface area (Å²) >= 11 is 2.00. The van der Waals surface area contributed by atoms with Crippen LogP contribution >= 0.6 is 11.8 Å². The molecule has 1 fully saturated rings. The highest BCUT2D eigenvalue weighted by Gasteiger charge is 2.09. The summed E-state index contributed by atoms with van der Waals surface area (Å²) in [6.07, 6.45) is 0. The predicted molar refractivity (Wildman–Crippen MR) is 61.6 cm³/mol. The highest BCUT2D eigenvalue weighted by Crippen LogP contribution is 2.07. The second-order valence-electron chi connectivity index (χ2n) is 3.49. The standard InChI is InChI=1S/C10H18N2OS/c1-9(2)10(13)11-3-4-12-5-7-14-8-6-12/h1,3-8H2,2H3,(H,11,13). The Morgan fingerprint density at radius 2 is 2.14 bits per heavy atom. The van der Waals surface area contributed by atoms with Gasteiger partial charge in [-0.2, -0.15) is 11.8 Å². The number of rotatable bonds is 4. The summed E-state index contributed by atoms with van der Waals surface area (Å²) in [6.45, 7) is 9.30. The van der Waals surface area contributed by atoms with Crippen molar-refractivity contribution in [1.82, 2.24) is 10.2 Å². The Morgan fingerprint density at radius 1 is 1.50 bits per heavy atom. The highest BCUT2D eigenvalue weighted by atomic mass is 32.2. The van der Waals surface area contributed by atoms with Crippen molar-refractivity contribution in [3.63, 3.8) is 0 Å². The van der Waals surface area contributed by atoms with Crippen molar-refractivity contribution in [3.05, 3.63) is 12.2 Å². The van der Waals surface area contributed by atoms with Crippen molar-refractivity contribution in [2.45, 2.75) is 6.92 Å². The molecule has 0 saturated carbocycles. The molecule has 80 valence electrons. The highest BCUT2D eigenvalue weighted by molar-refractivity contribution is 7.99. The van der Waals surface area contributed by atoms with Gasteiger partial charge >= 0.3 is 0 Å². The number of thioether (sulfide) groups is 1. The lowest BCUT2D eigenvalue weighted by molar-refractivity contribution is -0.117. The second-order valence-corrected chi connectivity index (χ2v) is 4.71. The second kappa shape index (κ2) is 6.09. The van der Waals surface area contributed by atoms with Gasteiger partial charge < -0.3 is 5.32 Å². The number of carbonyl (C=O) groups is 1. The number of nitrogens with zero attached hydrogens (tertiary/aromatic N) is 1. The maximum atomic E-state index is 11.2. The molecule has 1 N–H and O–H groups in total. The molecule has 0 aromatic carbocycles. The Bertz CT molecular complexity index is 212. The molecule has 0 aromatic heterocycles. The predicted octanol–water partition coefficient (Wildman–Crippen LogP) is 0.727. The quantitative estimate of drug-likeness (QED) is 0.700. The van der Waals surface area contributed by atoms with E-state index in [1.807, 2.05) is 11.8 Å². The molecule has 1 rings (SSSR count). The van der Waals surface area contributed by atoms with E-state index in [-0.39, 0.29) is 5.91 Å². The zero-order valence-electron chi connectivity index (χ0n) is 8.71. The molecule has 0 aliphatic carbocycles. The first-order valence-corrected chi connectivity index (χ1v) is 6.09. The van der Waals surface area contributed by atoms with E-state index < -0.39 is 0 Å². The van der Waals surface area contributed by atoms with Crippen LogP contribution in [0, 0.1) is 0 Å². The molecule has 1 heterocycles. The van der Waals surface area contributed by atoms with E-state index in [9.17, 15) is 4.79 Å². The third-order valence-electron chi connectivity index (χ3n) is 2.20. The normalized spacial score (nSPS) is 17.8. The van der Waals surface area contributed by atoms with Crippen LogP contribution in [0.3, 0.4) is 0 Å². The molecule has 0 radical (unpaired) electrons. The van der Waals surface area contributed by atoms with Gasteiger partial charge in [0, 0.05) is 43.3 Å². The molecular formula is C10H18N2OS. The smallest absolute Gasteiger partial charge is 0.246 e. The molecule has 0 bridgehead atoms. The zero-order valence-corrected chi connectivity index (χ0v) is 9.53. The lowest BCUT2D eigenvalue weighted by atomic mass is 10.3. The van der Waals surface area contributed by atoms with Gasteiger partial charge in [0.1, 0.15) is 0 Å². The minimum Gasteiger partial charge on any atom is -0.351 e. The van der Waals surface area contributed by atoms with Crippen LogP contribution in [0.25, 0.3) is 0 Å². The van der Waals surface area contributed by atoms with Crippen molar-refractivity contribution in [3.8, 4) is 0 Å². The van der Waals surface area contributed by atoms with Gasteiger partial charge in [0.25, 0.3) is 0 Å². The minimum absolute atomic E-state index is 0.0311. The van der Waals surface area contributed by atoms with Gasteiger partial charge in [-0.3, -0.25) is 9.69 Å². The maximum absolute atomic E-state index is 11.2. The third-order valence-corrected chi connectivity index (χ3v) is 3.15. The van der Waals surface area contributed by atoms with Gasteiger partial charge in [-0.1, -0.05) is 6.58 Å². The zero-order chi connectivity index (χ0) is 10.4. The lowest BCUT2D eigenvalue weighted by Crippen LogP contribution is -2.39. The molecular weight excluding hydrogens is 196 g/mol. The van der Waals surface area contributed by atoms with Crippen LogP contribution in [0.4, 0.5) is 0 Å². The third kappa shape index (κ3) is 4.15. The molecule has 14 heavy (non-hydrogen) atoms. The monoisotopic (exact) mass is 214 g/mol. The summed E-state index contributed by atoms with van der Waals surface area (Å²) < 4.78 is 0. The van der Waals surface area contributed by atoms with Crippen LogP contribution in [0.5, 0.6) is 0 Å². The van der Waals surface area contributed by atoms with Crippen LogP contribution in [0.15, 0.2) is 12.2 Å². The largest absolute Gasteiger partial charge is 0.351 e. The van der Waals surface area contributed by atoms with Gasteiger partial charge in [-0.15, -0.1) is 0 Å². The Kier molecular flexibility index (Phi) is 5.04. The summed E-state index contributed by atoms with van der Waals surface area (Å²) in [5.41, 5.74) is 0.583. The summed E-state index contributed by atoms with van der Waals surface area (Å²) in [7, 11) is 0. The number of hydrogen-bond donors (Lipinski definition) is 1. The molecule has 4 heteroatoms. The minimum atomic E-state index is -0.0311.